The van der Waals surface area contributed by atoms with Gasteiger partial charge in [-0.2, -0.15) is 0 Å². The lowest BCUT2D eigenvalue weighted by molar-refractivity contribution is 0.582. The highest BCUT2D eigenvalue weighted by Gasteiger charge is 2.52. The molecule has 0 saturated heterocycles. The number of hydrogen-bond acceptors (Lipinski definition) is 4. The van der Waals surface area contributed by atoms with Gasteiger partial charge in [0.25, 0.3) is 0 Å². The number of rotatable bonds is 5. The number of anilines is 3. The summed E-state index contributed by atoms with van der Waals surface area (Å²) in [6.07, 6.45) is 0. The van der Waals surface area contributed by atoms with Gasteiger partial charge in [-0.1, -0.05) is 130 Å². The number of hydrogen-bond donors (Lipinski definition) is 0. The molecule has 4 heteroatoms. The minimum atomic E-state index is -0.547. The zero-order chi connectivity index (χ0) is 35.7. The summed E-state index contributed by atoms with van der Waals surface area (Å²) in [4.78, 5) is 2.35. The van der Waals surface area contributed by atoms with Gasteiger partial charge in [0, 0.05) is 28.2 Å². The van der Waals surface area contributed by atoms with Gasteiger partial charge in [0.1, 0.15) is 0 Å². The van der Waals surface area contributed by atoms with Gasteiger partial charge in [-0.25, -0.2) is 0 Å². The maximum absolute atomic E-state index is 6.43. The van der Waals surface area contributed by atoms with Crippen molar-refractivity contribution >= 4 is 17.1 Å². The zero-order valence-electron chi connectivity index (χ0n) is 29.9. The van der Waals surface area contributed by atoms with Crippen LogP contribution in [0.15, 0.2) is 174 Å². The van der Waals surface area contributed by atoms with E-state index in [0.717, 1.165) is 28.2 Å². The molecule has 1 aromatic heterocycles. The van der Waals surface area contributed by atoms with Crippen molar-refractivity contribution in [3.05, 3.63) is 198 Å². The number of para-hydroxylation sites is 2. The lowest BCUT2D eigenvalue weighted by atomic mass is 9.70. The molecule has 53 heavy (non-hydrogen) atoms. The Balaban J connectivity index is 1.17. The fourth-order valence-corrected chi connectivity index (χ4v) is 8.57. The van der Waals surface area contributed by atoms with Gasteiger partial charge in [-0.3, -0.25) is 0 Å². The molecule has 8 aromatic rings. The topological polar surface area (TPSA) is 42.2 Å². The van der Waals surface area contributed by atoms with E-state index in [1.807, 2.05) is 0 Å². The van der Waals surface area contributed by atoms with E-state index >= 15 is 0 Å². The fraction of sp³-hybridized carbons (Fsp3) is 0.102. The Morgan fingerprint density at radius 1 is 0.434 bits per heavy atom. The van der Waals surface area contributed by atoms with Crippen molar-refractivity contribution in [3.8, 4) is 45.2 Å². The molecule has 0 radical (unpaired) electrons. The molecular formula is C49H37N3O. The molecule has 0 N–H and O–H groups in total. The summed E-state index contributed by atoms with van der Waals surface area (Å²) in [5.41, 5.74) is 15.9. The molecule has 254 valence electrons. The highest BCUT2D eigenvalue weighted by atomic mass is 16.4. The summed E-state index contributed by atoms with van der Waals surface area (Å²) >= 11 is 0. The molecule has 0 aliphatic heterocycles. The van der Waals surface area contributed by atoms with Crippen molar-refractivity contribution < 1.29 is 4.42 Å². The van der Waals surface area contributed by atoms with Crippen LogP contribution in [-0.2, 0) is 10.8 Å². The Morgan fingerprint density at radius 2 is 0.906 bits per heavy atom. The third kappa shape index (κ3) is 4.75. The Morgan fingerprint density at radius 3 is 1.49 bits per heavy atom. The van der Waals surface area contributed by atoms with Crippen molar-refractivity contribution in [1.82, 2.24) is 10.2 Å². The summed E-state index contributed by atoms with van der Waals surface area (Å²) < 4.78 is 6.43. The van der Waals surface area contributed by atoms with E-state index in [9.17, 15) is 0 Å². The van der Waals surface area contributed by atoms with E-state index in [0.29, 0.717) is 11.8 Å². The molecule has 2 aliphatic carbocycles. The second-order valence-electron chi connectivity index (χ2n) is 15.1. The average molecular weight is 684 g/mol. The third-order valence-electron chi connectivity index (χ3n) is 11.0. The summed E-state index contributed by atoms with van der Waals surface area (Å²) in [5, 5.41) is 9.11. The monoisotopic (exact) mass is 683 g/mol. The number of fused-ring (bicyclic) bond motifs is 10. The van der Waals surface area contributed by atoms with E-state index in [4.69, 9.17) is 4.42 Å². The Kier molecular flexibility index (Phi) is 6.93. The lowest BCUT2D eigenvalue weighted by Gasteiger charge is -2.32. The minimum Gasteiger partial charge on any atom is -0.416 e. The second-order valence-corrected chi connectivity index (χ2v) is 15.1. The van der Waals surface area contributed by atoms with Gasteiger partial charge < -0.3 is 9.32 Å². The molecule has 1 unspecified atom stereocenters. The zero-order valence-corrected chi connectivity index (χ0v) is 29.9. The molecule has 4 nitrogen and oxygen atoms in total. The van der Waals surface area contributed by atoms with Crippen LogP contribution in [0.3, 0.4) is 0 Å². The molecule has 1 spiro atoms. The van der Waals surface area contributed by atoms with Gasteiger partial charge in [-0.15, -0.1) is 10.2 Å². The van der Waals surface area contributed by atoms with Gasteiger partial charge in [0.2, 0.25) is 11.8 Å². The standard InChI is InChI=1S/C49H37N3O/c1-48(2,3)34-25-22-32(23-26-34)46-50-51-47(53-46)33-24-28-40-38-18-10-12-20-42(38)49(44(40)30-33)43-21-13-11-19-39(43)41-29-27-37(31-45(41)49)52(35-14-6-4-7-15-35)36-16-8-5-9-17-36/h4-31H,1-3H3. The number of benzene rings is 7. The van der Waals surface area contributed by atoms with Crippen LogP contribution in [0.1, 0.15) is 48.6 Å². The molecule has 0 amide bonds. The van der Waals surface area contributed by atoms with E-state index in [-0.39, 0.29) is 5.41 Å². The van der Waals surface area contributed by atoms with Crippen LogP contribution in [0.25, 0.3) is 45.2 Å². The highest BCUT2D eigenvalue weighted by Crippen LogP contribution is 2.63. The molecule has 10 rings (SSSR count). The smallest absolute Gasteiger partial charge is 0.248 e. The van der Waals surface area contributed by atoms with Gasteiger partial charge >= 0.3 is 0 Å². The van der Waals surface area contributed by atoms with Crippen molar-refractivity contribution in [1.29, 1.82) is 0 Å². The maximum Gasteiger partial charge on any atom is 0.248 e. The maximum atomic E-state index is 6.43. The van der Waals surface area contributed by atoms with Crippen LogP contribution >= 0.6 is 0 Å². The van der Waals surface area contributed by atoms with E-state index in [1.165, 1.54) is 50.1 Å². The molecule has 0 saturated carbocycles. The Labute approximate surface area is 310 Å². The first-order chi connectivity index (χ1) is 25.9. The molecular weight excluding hydrogens is 647 g/mol. The largest absolute Gasteiger partial charge is 0.416 e. The summed E-state index contributed by atoms with van der Waals surface area (Å²) in [6, 6.07) is 61.2. The van der Waals surface area contributed by atoms with E-state index in [2.05, 4.69) is 206 Å². The lowest BCUT2D eigenvalue weighted by Crippen LogP contribution is -2.26. The summed E-state index contributed by atoms with van der Waals surface area (Å²) in [6.45, 7) is 6.66. The van der Waals surface area contributed by atoms with Crippen LogP contribution < -0.4 is 4.90 Å². The fourth-order valence-electron chi connectivity index (χ4n) is 8.57. The normalized spacial score (nSPS) is 15.2. The van der Waals surface area contributed by atoms with Crippen LogP contribution in [0.5, 0.6) is 0 Å². The highest BCUT2D eigenvalue weighted by molar-refractivity contribution is 5.97. The first-order valence-electron chi connectivity index (χ1n) is 18.2. The first kappa shape index (κ1) is 31.2. The Bertz CT molecular complexity index is 2600. The van der Waals surface area contributed by atoms with Gasteiger partial charge in [-0.05, 0) is 116 Å². The molecule has 2 aliphatic rings. The van der Waals surface area contributed by atoms with Crippen molar-refractivity contribution in [2.75, 3.05) is 4.90 Å². The van der Waals surface area contributed by atoms with Crippen LogP contribution in [-0.4, -0.2) is 10.2 Å². The molecule has 7 aromatic carbocycles. The molecule has 0 bridgehead atoms. The van der Waals surface area contributed by atoms with Crippen molar-refractivity contribution in [3.63, 3.8) is 0 Å². The summed E-state index contributed by atoms with van der Waals surface area (Å²) in [7, 11) is 0. The second kappa shape index (κ2) is 11.8. The van der Waals surface area contributed by atoms with E-state index in [1.54, 1.807) is 0 Å². The molecule has 0 fully saturated rings. The van der Waals surface area contributed by atoms with Crippen LogP contribution in [0.4, 0.5) is 17.1 Å². The number of aromatic nitrogens is 2. The molecule has 1 heterocycles. The van der Waals surface area contributed by atoms with E-state index < -0.39 is 5.41 Å². The SMILES string of the molecule is CC(C)(C)c1ccc(-c2nnc(-c3ccc4c(c3)C3(c5ccccc5-4)c4ccccc4-c4ccc(N(c5ccccc5)c5ccccc5)cc43)o2)cc1. The van der Waals surface area contributed by atoms with Crippen LogP contribution in [0, 0.1) is 0 Å². The van der Waals surface area contributed by atoms with Crippen LogP contribution in [0.2, 0.25) is 0 Å². The quantitative estimate of drug-likeness (QED) is 0.181. The van der Waals surface area contributed by atoms with Crippen molar-refractivity contribution in [2.45, 2.75) is 31.6 Å². The third-order valence-corrected chi connectivity index (χ3v) is 11.0. The van der Waals surface area contributed by atoms with Crippen molar-refractivity contribution in [2.24, 2.45) is 0 Å². The average Bonchev–Trinajstić information content (AvgIpc) is 3.89. The Hall–Kier alpha value is -6.52. The predicted octanol–water partition coefficient (Wildman–Crippen LogP) is 12.5. The number of nitrogens with zero attached hydrogens (tertiary/aromatic N) is 3. The first-order valence-corrected chi connectivity index (χ1v) is 18.2. The summed E-state index contributed by atoms with van der Waals surface area (Å²) in [5.74, 6) is 1.02. The van der Waals surface area contributed by atoms with Gasteiger partial charge in [0.05, 0.1) is 5.41 Å². The van der Waals surface area contributed by atoms with Gasteiger partial charge in [0.15, 0.2) is 0 Å². The minimum absolute atomic E-state index is 0.0656. The predicted molar refractivity (Wildman–Crippen MR) is 215 cm³/mol. The molecule has 1 atom stereocenters.